The number of nitrogens with two attached hydrogens (primary N) is 1. The van der Waals surface area contributed by atoms with E-state index in [1.165, 1.54) is 50.1 Å². The van der Waals surface area contributed by atoms with Gasteiger partial charge in [0.05, 0.1) is 11.1 Å². The van der Waals surface area contributed by atoms with E-state index in [1.807, 2.05) is 60.7 Å². The van der Waals surface area contributed by atoms with Crippen molar-refractivity contribution in [3.05, 3.63) is 233 Å². The fourth-order valence-corrected chi connectivity index (χ4v) is 7.02. The minimum atomic E-state index is -0.320. The van der Waals surface area contributed by atoms with Crippen molar-refractivity contribution in [2.75, 3.05) is 0 Å². The average Bonchev–Trinajstić information content (AvgIpc) is 3.47. The Bertz CT molecular complexity index is 2190. The molecule has 0 radical (unpaired) electrons. The summed E-state index contributed by atoms with van der Waals surface area (Å²) in [7, 11) is 0. The van der Waals surface area contributed by atoms with Crippen LogP contribution in [0, 0.1) is 12.3 Å². The van der Waals surface area contributed by atoms with Gasteiger partial charge in [0.15, 0.2) is 0 Å². The summed E-state index contributed by atoms with van der Waals surface area (Å²) < 4.78 is 0. The number of hydrogen-bond donors (Lipinski definition) is 2. The lowest BCUT2D eigenvalue weighted by atomic mass is 9.67. The first kappa shape index (κ1) is 31.4. The van der Waals surface area contributed by atoms with Crippen LogP contribution in [-0.2, 0) is 5.41 Å². The molecule has 0 saturated heterocycles. The number of aryl methyl sites for hydroxylation is 1. The Morgan fingerprint density at radius 2 is 0.980 bits per heavy atom. The molecule has 3 N–H and O–H groups in total. The predicted molar refractivity (Wildman–Crippen MR) is 206 cm³/mol. The van der Waals surface area contributed by atoms with Gasteiger partial charge in [0.1, 0.15) is 0 Å². The van der Waals surface area contributed by atoms with Gasteiger partial charge in [0, 0.05) is 5.70 Å². The number of hydrogen-bond acceptors (Lipinski definition) is 2. The molecule has 236 valence electrons. The van der Waals surface area contributed by atoms with Crippen LogP contribution in [0.4, 0.5) is 0 Å². The first-order chi connectivity index (χ1) is 24.1. The quantitative estimate of drug-likeness (QED) is 0.176. The van der Waals surface area contributed by atoms with Crippen LogP contribution < -0.4 is 5.73 Å². The second kappa shape index (κ2) is 13.9. The van der Waals surface area contributed by atoms with Gasteiger partial charge in [0.2, 0.25) is 0 Å². The number of fused-ring (bicyclic) bond motifs is 3. The number of nitrogens with one attached hydrogen (secondary N) is 1. The molecule has 0 bridgehead atoms. The van der Waals surface area contributed by atoms with E-state index in [-0.39, 0.29) is 5.41 Å². The van der Waals surface area contributed by atoms with Crippen molar-refractivity contribution in [2.45, 2.75) is 12.3 Å². The standard InChI is InChI=1S/C32H24.C15H14N2/c1-23-10-9-11-25(22-23)24-18-20-27(21-19-24)32(26-12-3-2-4-13-26)30-16-7-5-14-28(30)29-15-6-8-17-31(29)32;16-14(12-7-3-1-4-8-12)11-15(17)13-9-5-2-6-10-13/h2-22H,1H3;1-11,16H,17H2/b;15-11-,16-14?. The summed E-state index contributed by atoms with van der Waals surface area (Å²) in [4.78, 5) is 0. The van der Waals surface area contributed by atoms with Crippen molar-refractivity contribution >= 4 is 11.4 Å². The molecule has 7 aromatic carbocycles. The maximum absolute atomic E-state index is 7.95. The topological polar surface area (TPSA) is 49.9 Å². The highest BCUT2D eigenvalue weighted by molar-refractivity contribution is 6.10. The summed E-state index contributed by atoms with van der Waals surface area (Å²) in [6, 6.07) is 65.9. The van der Waals surface area contributed by atoms with Gasteiger partial charge in [-0.25, -0.2) is 0 Å². The molecule has 49 heavy (non-hydrogen) atoms. The number of allylic oxidation sites excluding steroid dienone is 1. The Kier molecular flexibility index (Phi) is 8.86. The van der Waals surface area contributed by atoms with Gasteiger partial charge in [0.25, 0.3) is 0 Å². The van der Waals surface area contributed by atoms with E-state index in [4.69, 9.17) is 11.1 Å². The van der Waals surface area contributed by atoms with Crippen LogP contribution in [0.25, 0.3) is 28.0 Å². The molecule has 0 unspecified atom stereocenters. The van der Waals surface area contributed by atoms with Gasteiger partial charge in [-0.1, -0.05) is 194 Å². The summed E-state index contributed by atoms with van der Waals surface area (Å²) in [5.74, 6) is 0. The van der Waals surface area contributed by atoms with E-state index in [1.54, 1.807) is 6.08 Å². The van der Waals surface area contributed by atoms with Crippen LogP contribution in [0.1, 0.15) is 38.9 Å². The third kappa shape index (κ3) is 6.13. The Morgan fingerprint density at radius 3 is 1.55 bits per heavy atom. The molecular formula is C47H38N2. The van der Waals surface area contributed by atoms with Crippen LogP contribution in [0.15, 0.2) is 194 Å². The van der Waals surface area contributed by atoms with E-state index in [0.29, 0.717) is 11.4 Å². The Balaban J connectivity index is 0.000000188. The zero-order valence-corrected chi connectivity index (χ0v) is 27.6. The highest BCUT2D eigenvalue weighted by Gasteiger charge is 2.45. The highest BCUT2D eigenvalue weighted by atomic mass is 14.6. The highest BCUT2D eigenvalue weighted by Crippen LogP contribution is 2.56. The smallest absolute Gasteiger partial charge is 0.0713 e. The molecule has 0 amide bonds. The van der Waals surface area contributed by atoms with Gasteiger partial charge < -0.3 is 11.1 Å². The molecule has 1 aliphatic rings. The molecule has 2 heteroatoms. The predicted octanol–water partition coefficient (Wildman–Crippen LogP) is 11.1. The van der Waals surface area contributed by atoms with Crippen molar-refractivity contribution in [1.29, 1.82) is 5.41 Å². The SMILES string of the molecule is Cc1cccc(-c2ccc(C3(c4ccccc4)c4ccccc4-c4ccccc43)cc2)c1.N=C(/C=C(\N)c1ccccc1)c1ccccc1. The van der Waals surface area contributed by atoms with Crippen molar-refractivity contribution in [2.24, 2.45) is 5.73 Å². The molecule has 0 spiro atoms. The van der Waals surface area contributed by atoms with E-state index in [9.17, 15) is 0 Å². The van der Waals surface area contributed by atoms with Crippen molar-refractivity contribution in [3.8, 4) is 22.3 Å². The van der Waals surface area contributed by atoms with Gasteiger partial charge in [-0.3, -0.25) is 0 Å². The largest absolute Gasteiger partial charge is 0.398 e. The van der Waals surface area contributed by atoms with Crippen LogP contribution in [0.3, 0.4) is 0 Å². The first-order valence-electron chi connectivity index (χ1n) is 16.6. The zero-order chi connectivity index (χ0) is 33.6. The van der Waals surface area contributed by atoms with E-state index < -0.39 is 0 Å². The molecule has 0 aliphatic heterocycles. The Morgan fingerprint density at radius 1 is 0.490 bits per heavy atom. The molecule has 2 nitrogen and oxygen atoms in total. The van der Waals surface area contributed by atoms with Crippen molar-refractivity contribution in [3.63, 3.8) is 0 Å². The van der Waals surface area contributed by atoms with E-state index in [2.05, 4.69) is 134 Å². The lowest BCUT2D eigenvalue weighted by Gasteiger charge is -2.34. The third-order valence-corrected chi connectivity index (χ3v) is 9.32. The van der Waals surface area contributed by atoms with Crippen LogP contribution in [0.2, 0.25) is 0 Å². The summed E-state index contributed by atoms with van der Waals surface area (Å²) in [5, 5.41) is 7.95. The minimum Gasteiger partial charge on any atom is -0.398 e. The minimum absolute atomic E-state index is 0.320. The van der Waals surface area contributed by atoms with Gasteiger partial charge >= 0.3 is 0 Å². The molecule has 7 aromatic rings. The molecule has 0 heterocycles. The number of benzene rings is 7. The maximum atomic E-state index is 7.95. The lowest BCUT2D eigenvalue weighted by molar-refractivity contribution is 0.768. The summed E-state index contributed by atoms with van der Waals surface area (Å²) in [6.45, 7) is 2.15. The normalized spacial score (nSPS) is 12.6. The van der Waals surface area contributed by atoms with Crippen molar-refractivity contribution < 1.29 is 0 Å². The molecule has 8 rings (SSSR count). The lowest BCUT2D eigenvalue weighted by Crippen LogP contribution is -2.28. The molecule has 0 fully saturated rings. The van der Waals surface area contributed by atoms with Crippen LogP contribution in [-0.4, -0.2) is 5.71 Å². The van der Waals surface area contributed by atoms with E-state index in [0.717, 1.165) is 11.1 Å². The molecule has 0 aromatic heterocycles. The molecule has 0 atom stereocenters. The van der Waals surface area contributed by atoms with Gasteiger partial charge in [-0.2, -0.15) is 0 Å². The van der Waals surface area contributed by atoms with Crippen LogP contribution in [0.5, 0.6) is 0 Å². The Labute approximate surface area is 289 Å². The summed E-state index contributed by atoms with van der Waals surface area (Å²) in [6.07, 6.45) is 1.69. The van der Waals surface area contributed by atoms with E-state index >= 15 is 0 Å². The van der Waals surface area contributed by atoms with Gasteiger partial charge in [-0.05, 0) is 68.6 Å². The second-order valence-electron chi connectivity index (χ2n) is 12.4. The maximum Gasteiger partial charge on any atom is 0.0713 e. The summed E-state index contributed by atoms with van der Waals surface area (Å²) >= 11 is 0. The van der Waals surface area contributed by atoms with Crippen molar-refractivity contribution in [1.82, 2.24) is 0 Å². The summed E-state index contributed by atoms with van der Waals surface area (Å²) in [5.41, 5.74) is 20.2. The number of rotatable bonds is 6. The molecular weight excluding hydrogens is 593 g/mol. The zero-order valence-electron chi connectivity index (χ0n) is 27.6. The molecule has 1 aliphatic carbocycles. The average molecular weight is 631 g/mol. The molecule has 0 saturated carbocycles. The monoisotopic (exact) mass is 630 g/mol. The fraction of sp³-hybridized carbons (Fsp3) is 0.0426. The van der Waals surface area contributed by atoms with Crippen LogP contribution >= 0.6 is 0 Å². The third-order valence-electron chi connectivity index (χ3n) is 9.32. The fourth-order valence-electron chi connectivity index (χ4n) is 7.02. The Hall–Kier alpha value is -6.25. The first-order valence-corrected chi connectivity index (χ1v) is 16.6. The van der Waals surface area contributed by atoms with Gasteiger partial charge in [-0.15, -0.1) is 0 Å². The second-order valence-corrected chi connectivity index (χ2v) is 12.4.